The van der Waals surface area contributed by atoms with Gasteiger partial charge in [0.05, 0.1) is 10.7 Å². The Morgan fingerprint density at radius 1 is 1.17 bits per heavy atom. The molecule has 0 atom stereocenters. The van der Waals surface area contributed by atoms with Gasteiger partial charge in [0.15, 0.2) is 0 Å². The molecule has 0 bridgehead atoms. The number of carbonyl (C=O) groups is 1. The van der Waals surface area contributed by atoms with Crippen LogP contribution in [0.5, 0.6) is 0 Å². The highest BCUT2D eigenvalue weighted by molar-refractivity contribution is 7.13. The van der Waals surface area contributed by atoms with E-state index in [2.05, 4.69) is 34.2 Å². The summed E-state index contributed by atoms with van der Waals surface area (Å²) in [6.45, 7) is 8.20. The monoisotopic (exact) mass is 341 g/mol. The van der Waals surface area contributed by atoms with Crippen molar-refractivity contribution >= 4 is 23.3 Å². The number of carbonyl (C=O) groups excluding carboxylic acids is 1. The third-order valence-electron chi connectivity index (χ3n) is 4.23. The van der Waals surface area contributed by atoms with Gasteiger partial charge in [-0.15, -0.1) is 11.3 Å². The van der Waals surface area contributed by atoms with Gasteiger partial charge in [0, 0.05) is 32.7 Å². The summed E-state index contributed by atoms with van der Waals surface area (Å²) < 4.78 is 0. The number of thiazole rings is 1. The first-order valence-electron chi connectivity index (χ1n) is 8.31. The zero-order valence-electron chi connectivity index (χ0n) is 14.2. The minimum Gasteiger partial charge on any atom is -0.335 e. The Hall–Kier alpha value is -1.98. The number of hydrogen-bond acceptors (Lipinski definition) is 4. The van der Waals surface area contributed by atoms with Gasteiger partial charge in [-0.25, -0.2) is 4.98 Å². The molecule has 2 aromatic rings. The largest absolute Gasteiger partial charge is 0.335 e. The lowest BCUT2D eigenvalue weighted by atomic mass is 10.2. The molecule has 1 fully saturated rings. The molecule has 0 spiro atoms. The molecular weight excluding hydrogens is 318 g/mol. The SMILES string of the molecule is Cc1nc(C)c(C(=O)N2CCN(C/C=C/c3ccccc3)CC2)s1. The molecule has 126 valence electrons. The van der Waals surface area contributed by atoms with Crippen LogP contribution in [0, 0.1) is 13.8 Å². The van der Waals surface area contributed by atoms with Crippen LogP contribution in [-0.2, 0) is 0 Å². The Morgan fingerprint density at radius 3 is 2.50 bits per heavy atom. The molecule has 1 aromatic heterocycles. The van der Waals surface area contributed by atoms with Gasteiger partial charge in [-0.3, -0.25) is 9.69 Å². The first-order valence-corrected chi connectivity index (χ1v) is 9.12. The number of hydrogen-bond donors (Lipinski definition) is 0. The predicted molar refractivity (Wildman–Crippen MR) is 99.4 cm³/mol. The maximum Gasteiger partial charge on any atom is 0.265 e. The summed E-state index contributed by atoms with van der Waals surface area (Å²) in [5.41, 5.74) is 2.08. The van der Waals surface area contributed by atoms with Crippen molar-refractivity contribution in [1.82, 2.24) is 14.8 Å². The maximum atomic E-state index is 12.6. The van der Waals surface area contributed by atoms with E-state index in [1.807, 2.05) is 36.9 Å². The van der Waals surface area contributed by atoms with E-state index in [1.54, 1.807) is 0 Å². The van der Waals surface area contributed by atoms with Crippen molar-refractivity contribution in [2.24, 2.45) is 0 Å². The summed E-state index contributed by atoms with van der Waals surface area (Å²) in [6.07, 6.45) is 4.35. The van der Waals surface area contributed by atoms with E-state index in [0.717, 1.165) is 48.3 Å². The summed E-state index contributed by atoms with van der Waals surface area (Å²) in [4.78, 5) is 22.1. The second kappa shape index (κ2) is 7.73. The number of piperazine rings is 1. The van der Waals surface area contributed by atoms with E-state index in [9.17, 15) is 4.79 Å². The fourth-order valence-corrected chi connectivity index (χ4v) is 3.80. The standard InChI is InChI=1S/C19H23N3OS/c1-15-18(24-16(2)20-15)19(23)22-13-11-21(12-14-22)10-6-9-17-7-4-3-5-8-17/h3-9H,10-14H2,1-2H3/b9-6+. The Morgan fingerprint density at radius 2 is 1.88 bits per heavy atom. The Labute approximate surface area is 147 Å². The van der Waals surface area contributed by atoms with E-state index in [4.69, 9.17) is 0 Å². The number of aromatic nitrogens is 1. The molecular formula is C19H23N3OS. The lowest BCUT2D eigenvalue weighted by Crippen LogP contribution is -2.48. The number of rotatable bonds is 4. The summed E-state index contributed by atoms with van der Waals surface area (Å²) in [6, 6.07) is 10.3. The van der Waals surface area contributed by atoms with E-state index in [1.165, 1.54) is 16.9 Å². The fourth-order valence-electron chi connectivity index (χ4n) is 2.91. The van der Waals surface area contributed by atoms with Crippen molar-refractivity contribution in [2.45, 2.75) is 13.8 Å². The third kappa shape index (κ3) is 4.10. The number of aryl methyl sites for hydroxylation is 2. The van der Waals surface area contributed by atoms with Crippen LogP contribution in [-0.4, -0.2) is 53.4 Å². The second-order valence-electron chi connectivity index (χ2n) is 6.05. The zero-order chi connectivity index (χ0) is 16.9. The van der Waals surface area contributed by atoms with Gasteiger partial charge in [-0.1, -0.05) is 42.5 Å². The quantitative estimate of drug-likeness (QED) is 0.857. The minimum atomic E-state index is 0.137. The summed E-state index contributed by atoms with van der Waals surface area (Å²) in [7, 11) is 0. The topological polar surface area (TPSA) is 36.4 Å². The smallest absolute Gasteiger partial charge is 0.265 e. The van der Waals surface area contributed by atoms with Crippen LogP contribution in [0.1, 0.15) is 25.9 Å². The number of nitrogens with zero attached hydrogens (tertiary/aromatic N) is 3. The minimum absolute atomic E-state index is 0.137. The van der Waals surface area contributed by atoms with Gasteiger partial charge in [0.2, 0.25) is 0 Å². The molecule has 1 aromatic carbocycles. The summed E-state index contributed by atoms with van der Waals surface area (Å²) in [5.74, 6) is 0.137. The molecule has 0 N–H and O–H groups in total. The first kappa shape index (κ1) is 16.9. The van der Waals surface area contributed by atoms with Gasteiger partial charge in [-0.05, 0) is 19.4 Å². The molecule has 1 amide bonds. The number of amides is 1. The highest BCUT2D eigenvalue weighted by atomic mass is 32.1. The molecule has 3 rings (SSSR count). The Bertz CT molecular complexity index is 715. The van der Waals surface area contributed by atoms with Crippen LogP contribution in [0.3, 0.4) is 0 Å². The van der Waals surface area contributed by atoms with Crippen LogP contribution < -0.4 is 0 Å². The fraction of sp³-hybridized carbons (Fsp3) is 0.368. The second-order valence-corrected chi connectivity index (χ2v) is 7.26. The highest BCUT2D eigenvalue weighted by Gasteiger charge is 2.24. The van der Waals surface area contributed by atoms with Gasteiger partial charge < -0.3 is 4.90 Å². The van der Waals surface area contributed by atoms with Crippen molar-refractivity contribution in [3.8, 4) is 0 Å². The van der Waals surface area contributed by atoms with Crippen LogP contribution in [0.25, 0.3) is 6.08 Å². The molecule has 4 nitrogen and oxygen atoms in total. The molecule has 1 aliphatic heterocycles. The third-order valence-corrected chi connectivity index (χ3v) is 5.29. The number of benzene rings is 1. The predicted octanol–water partition coefficient (Wildman–Crippen LogP) is 3.23. The molecule has 2 heterocycles. The van der Waals surface area contributed by atoms with Crippen LogP contribution in [0.4, 0.5) is 0 Å². The van der Waals surface area contributed by atoms with E-state index in [0.29, 0.717) is 0 Å². The van der Waals surface area contributed by atoms with Gasteiger partial charge in [-0.2, -0.15) is 0 Å². The molecule has 0 saturated carbocycles. The average molecular weight is 341 g/mol. The van der Waals surface area contributed by atoms with Crippen molar-refractivity contribution in [2.75, 3.05) is 32.7 Å². The summed E-state index contributed by atoms with van der Waals surface area (Å²) >= 11 is 1.50. The van der Waals surface area contributed by atoms with Crippen molar-refractivity contribution < 1.29 is 4.79 Å². The first-order chi connectivity index (χ1) is 11.6. The van der Waals surface area contributed by atoms with Crippen LogP contribution >= 0.6 is 11.3 Å². The lowest BCUT2D eigenvalue weighted by molar-refractivity contribution is 0.0654. The molecule has 0 unspecified atom stereocenters. The molecule has 0 aliphatic carbocycles. The Balaban J connectivity index is 1.50. The van der Waals surface area contributed by atoms with Crippen molar-refractivity contribution in [3.63, 3.8) is 0 Å². The summed E-state index contributed by atoms with van der Waals surface area (Å²) in [5, 5.41) is 0.959. The average Bonchev–Trinajstić information content (AvgIpc) is 2.94. The zero-order valence-corrected chi connectivity index (χ0v) is 15.1. The van der Waals surface area contributed by atoms with E-state index >= 15 is 0 Å². The Kier molecular flexibility index (Phi) is 5.43. The molecule has 1 aliphatic rings. The normalized spacial score (nSPS) is 16.0. The maximum absolute atomic E-state index is 12.6. The van der Waals surface area contributed by atoms with E-state index < -0.39 is 0 Å². The lowest BCUT2D eigenvalue weighted by Gasteiger charge is -2.34. The highest BCUT2D eigenvalue weighted by Crippen LogP contribution is 2.20. The molecule has 0 radical (unpaired) electrons. The van der Waals surface area contributed by atoms with Gasteiger partial charge in [0.1, 0.15) is 4.88 Å². The van der Waals surface area contributed by atoms with Crippen LogP contribution in [0.2, 0.25) is 0 Å². The van der Waals surface area contributed by atoms with Crippen LogP contribution in [0.15, 0.2) is 36.4 Å². The molecule has 5 heteroatoms. The molecule has 1 saturated heterocycles. The van der Waals surface area contributed by atoms with E-state index in [-0.39, 0.29) is 5.91 Å². The van der Waals surface area contributed by atoms with Gasteiger partial charge >= 0.3 is 0 Å². The van der Waals surface area contributed by atoms with Crippen molar-refractivity contribution in [3.05, 3.63) is 57.6 Å². The van der Waals surface area contributed by atoms with Gasteiger partial charge in [0.25, 0.3) is 5.91 Å². The van der Waals surface area contributed by atoms with Crippen molar-refractivity contribution in [1.29, 1.82) is 0 Å². The molecule has 24 heavy (non-hydrogen) atoms.